The molecule has 1 heterocycles. The summed E-state index contributed by atoms with van der Waals surface area (Å²) in [5, 5.41) is 23.2. The monoisotopic (exact) mass is 386 g/mol. The molecule has 0 unspecified atom stereocenters. The quantitative estimate of drug-likeness (QED) is 0.626. The average Bonchev–Trinajstić information content (AvgIpc) is 2.64. The first-order chi connectivity index (χ1) is 13.2. The average molecular weight is 386 g/mol. The van der Waals surface area contributed by atoms with Gasteiger partial charge in [0.05, 0.1) is 4.92 Å². The molecule has 2 atom stereocenters. The van der Waals surface area contributed by atoms with Crippen molar-refractivity contribution in [2.24, 2.45) is 0 Å². The van der Waals surface area contributed by atoms with Gasteiger partial charge >= 0.3 is 0 Å². The van der Waals surface area contributed by atoms with Gasteiger partial charge in [-0.1, -0.05) is 30.3 Å². The van der Waals surface area contributed by atoms with Gasteiger partial charge in [-0.15, -0.1) is 0 Å². The molecule has 0 aliphatic carbocycles. The molecule has 28 heavy (non-hydrogen) atoms. The lowest BCUT2D eigenvalue weighted by atomic mass is 9.86. The van der Waals surface area contributed by atoms with Crippen LogP contribution in [-0.2, 0) is 16.2 Å². The summed E-state index contributed by atoms with van der Waals surface area (Å²) in [5.41, 5.74) is -0.0265. The van der Waals surface area contributed by atoms with E-state index in [1.807, 2.05) is 30.3 Å². The normalized spacial score (nSPS) is 20.0. The van der Waals surface area contributed by atoms with E-state index in [1.54, 1.807) is 13.8 Å². The second kappa shape index (κ2) is 7.57. The van der Waals surface area contributed by atoms with Gasteiger partial charge in [-0.25, -0.2) is 5.06 Å². The molecule has 0 bridgehead atoms. The van der Waals surface area contributed by atoms with Crippen LogP contribution < -0.4 is 4.74 Å². The molecule has 3 rings (SSSR count). The maximum atomic E-state index is 12.4. The van der Waals surface area contributed by atoms with Crippen molar-refractivity contribution >= 4 is 11.6 Å². The van der Waals surface area contributed by atoms with Crippen LogP contribution in [0.4, 0.5) is 5.69 Å². The van der Waals surface area contributed by atoms with Crippen molar-refractivity contribution in [1.82, 2.24) is 5.06 Å². The Morgan fingerprint density at radius 3 is 2.57 bits per heavy atom. The van der Waals surface area contributed by atoms with E-state index in [4.69, 9.17) is 9.57 Å². The third-order valence-electron chi connectivity index (χ3n) is 4.68. The summed E-state index contributed by atoms with van der Waals surface area (Å²) >= 11 is 0. The second-order valence-electron chi connectivity index (χ2n) is 7.18. The Hall–Kier alpha value is -2.97. The fourth-order valence-electron chi connectivity index (χ4n) is 3.21. The molecular formula is C20H22N2O6. The van der Waals surface area contributed by atoms with Gasteiger partial charge in [0.1, 0.15) is 30.1 Å². The Labute approximate surface area is 162 Å². The molecule has 0 saturated carbocycles. The van der Waals surface area contributed by atoms with E-state index < -0.39 is 28.6 Å². The molecule has 1 aliphatic heterocycles. The Balaban J connectivity index is 2.01. The Bertz CT molecular complexity index is 884. The zero-order chi connectivity index (χ0) is 20.5. The Morgan fingerprint density at radius 1 is 1.29 bits per heavy atom. The van der Waals surface area contributed by atoms with Crippen LogP contribution >= 0.6 is 0 Å². The fourth-order valence-corrected chi connectivity index (χ4v) is 3.21. The number of aliphatic hydroxyl groups is 1. The number of ether oxygens (including phenoxy) is 1. The zero-order valence-corrected chi connectivity index (χ0v) is 15.9. The first kappa shape index (κ1) is 19.8. The predicted octanol–water partition coefficient (Wildman–Crippen LogP) is 3.15. The number of hydroxylamine groups is 2. The minimum absolute atomic E-state index is 0.106. The number of amides is 1. The predicted molar refractivity (Wildman–Crippen MR) is 100 cm³/mol. The van der Waals surface area contributed by atoms with E-state index in [0.29, 0.717) is 11.3 Å². The van der Waals surface area contributed by atoms with Gasteiger partial charge in [-0.2, -0.15) is 0 Å². The molecule has 0 fully saturated rings. The largest absolute Gasteiger partial charge is 0.485 e. The molecule has 2 aromatic carbocycles. The highest BCUT2D eigenvalue weighted by Gasteiger charge is 2.47. The highest BCUT2D eigenvalue weighted by atomic mass is 16.7. The lowest BCUT2D eigenvalue weighted by Crippen LogP contribution is -2.54. The lowest BCUT2D eigenvalue weighted by molar-refractivity contribution is -0.385. The van der Waals surface area contributed by atoms with Gasteiger partial charge in [-0.05, 0) is 25.5 Å². The SMILES string of the molecule is CC(=O)N(OCc1ccccc1)[C@H]1c2cc([N+](=O)[O-])ccc2OC(C)(C)[C@@H]1O. The van der Waals surface area contributed by atoms with Crippen molar-refractivity contribution in [3.8, 4) is 5.75 Å². The number of nitrogens with zero attached hydrogens (tertiary/aromatic N) is 2. The van der Waals surface area contributed by atoms with Crippen LogP contribution in [0.15, 0.2) is 48.5 Å². The van der Waals surface area contributed by atoms with Crippen LogP contribution in [0.1, 0.15) is 37.9 Å². The summed E-state index contributed by atoms with van der Waals surface area (Å²) in [4.78, 5) is 28.8. The highest BCUT2D eigenvalue weighted by Crippen LogP contribution is 2.44. The third-order valence-corrected chi connectivity index (χ3v) is 4.68. The molecular weight excluding hydrogens is 364 g/mol. The smallest absolute Gasteiger partial charge is 0.270 e. The van der Waals surface area contributed by atoms with E-state index in [2.05, 4.69) is 0 Å². The first-order valence-corrected chi connectivity index (χ1v) is 8.83. The summed E-state index contributed by atoms with van der Waals surface area (Å²) in [7, 11) is 0. The van der Waals surface area contributed by atoms with Gasteiger partial charge in [0, 0.05) is 24.6 Å². The highest BCUT2D eigenvalue weighted by molar-refractivity contribution is 5.73. The van der Waals surface area contributed by atoms with Crippen LogP contribution in [0.25, 0.3) is 0 Å². The van der Waals surface area contributed by atoms with Crippen molar-refractivity contribution in [2.75, 3.05) is 0 Å². The minimum Gasteiger partial charge on any atom is -0.485 e. The molecule has 0 radical (unpaired) electrons. The number of aliphatic hydroxyl groups excluding tert-OH is 1. The van der Waals surface area contributed by atoms with Gasteiger partial charge in [0.2, 0.25) is 5.91 Å². The molecule has 1 N–H and O–H groups in total. The third kappa shape index (κ3) is 3.83. The molecule has 0 spiro atoms. The van der Waals surface area contributed by atoms with E-state index in [0.717, 1.165) is 10.6 Å². The first-order valence-electron chi connectivity index (χ1n) is 8.83. The van der Waals surface area contributed by atoms with E-state index in [1.165, 1.54) is 25.1 Å². The number of non-ortho nitro benzene ring substituents is 1. The van der Waals surface area contributed by atoms with Gasteiger partial charge in [0.15, 0.2) is 0 Å². The fraction of sp³-hybridized carbons (Fsp3) is 0.350. The summed E-state index contributed by atoms with van der Waals surface area (Å²) in [6.07, 6.45) is -1.17. The Morgan fingerprint density at radius 2 is 1.96 bits per heavy atom. The topological polar surface area (TPSA) is 102 Å². The minimum atomic E-state index is -1.17. The number of fused-ring (bicyclic) bond motifs is 1. The molecule has 2 aromatic rings. The zero-order valence-electron chi connectivity index (χ0n) is 15.9. The number of nitro benzene ring substituents is 1. The van der Waals surface area contributed by atoms with Crippen LogP contribution in [0.3, 0.4) is 0 Å². The van der Waals surface area contributed by atoms with Gasteiger partial charge < -0.3 is 9.84 Å². The van der Waals surface area contributed by atoms with Crippen LogP contribution in [-0.4, -0.2) is 32.7 Å². The lowest BCUT2D eigenvalue weighted by Gasteiger charge is -2.45. The van der Waals surface area contributed by atoms with Crippen molar-refractivity contribution in [2.45, 2.75) is 45.1 Å². The van der Waals surface area contributed by atoms with E-state index >= 15 is 0 Å². The Kier molecular flexibility index (Phi) is 5.35. The number of nitro groups is 1. The number of hydrogen-bond acceptors (Lipinski definition) is 6. The van der Waals surface area contributed by atoms with E-state index in [9.17, 15) is 20.0 Å². The van der Waals surface area contributed by atoms with Crippen LogP contribution in [0.2, 0.25) is 0 Å². The van der Waals surface area contributed by atoms with Crippen molar-refractivity contribution in [3.63, 3.8) is 0 Å². The molecule has 8 nitrogen and oxygen atoms in total. The number of carbonyl (C=O) groups excluding carboxylic acids is 1. The summed E-state index contributed by atoms with van der Waals surface area (Å²) in [6.45, 7) is 4.79. The summed E-state index contributed by atoms with van der Waals surface area (Å²) in [6, 6.07) is 12.4. The van der Waals surface area contributed by atoms with Gasteiger partial charge in [0.25, 0.3) is 5.69 Å². The van der Waals surface area contributed by atoms with Gasteiger partial charge in [-0.3, -0.25) is 19.7 Å². The van der Waals surface area contributed by atoms with Crippen LogP contribution in [0, 0.1) is 10.1 Å². The summed E-state index contributed by atoms with van der Waals surface area (Å²) in [5.74, 6) is -0.0735. The summed E-state index contributed by atoms with van der Waals surface area (Å²) < 4.78 is 5.82. The number of hydrogen-bond donors (Lipinski definition) is 1. The van der Waals surface area contributed by atoms with Crippen molar-refractivity contribution in [1.29, 1.82) is 0 Å². The number of carbonyl (C=O) groups is 1. The number of benzene rings is 2. The molecule has 0 saturated heterocycles. The molecule has 0 aromatic heterocycles. The van der Waals surface area contributed by atoms with E-state index in [-0.39, 0.29) is 12.3 Å². The molecule has 1 aliphatic rings. The molecule has 1 amide bonds. The second-order valence-corrected chi connectivity index (χ2v) is 7.18. The number of rotatable bonds is 5. The molecule has 148 valence electrons. The molecule has 8 heteroatoms. The maximum absolute atomic E-state index is 12.4. The van der Waals surface area contributed by atoms with Crippen molar-refractivity contribution < 1.29 is 24.4 Å². The maximum Gasteiger partial charge on any atom is 0.270 e. The standard InChI is InChI=1S/C20H22N2O6/c1-13(23)21(27-12-14-7-5-4-6-8-14)18-16-11-15(22(25)26)9-10-17(16)28-20(2,3)19(18)24/h4-11,18-19,24H,12H2,1-3H3/t18-,19+/m0/s1. The van der Waals surface area contributed by atoms with Crippen LogP contribution in [0.5, 0.6) is 5.75 Å². The van der Waals surface area contributed by atoms with Crippen molar-refractivity contribution in [3.05, 3.63) is 69.8 Å².